The SMILES string of the molecule is C[SH](C)CCCS(C)(C)C. The Balaban J connectivity index is 3.21. The van der Waals surface area contributed by atoms with Crippen molar-refractivity contribution in [3.63, 3.8) is 0 Å². The van der Waals surface area contributed by atoms with Crippen LogP contribution in [0.5, 0.6) is 0 Å². The Morgan fingerprint density at radius 2 is 1.60 bits per heavy atom. The first-order valence-corrected chi connectivity index (χ1v) is 9.17. The third-order valence-electron chi connectivity index (χ3n) is 1.36. The molecule has 0 aliphatic carbocycles. The number of rotatable bonds is 4. The molecule has 0 aromatic rings. The molecule has 0 unspecified atom stereocenters. The van der Waals surface area contributed by atoms with Crippen molar-refractivity contribution in [2.24, 2.45) is 0 Å². The second-order valence-electron chi connectivity index (χ2n) is 3.95. The van der Waals surface area contributed by atoms with Crippen molar-refractivity contribution in [1.29, 1.82) is 0 Å². The van der Waals surface area contributed by atoms with Gasteiger partial charge in [-0.05, 0) is 49.2 Å². The van der Waals surface area contributed by atoms with Crippen LogP contribution in [0.3, 0.4) is 0 Å². The first kappa shape index (κ1) is 10.7. The largest absolute Gasteiger partial charge is 0.259 e. The van der Waals surface area contributed by atoms with E-state index in [0.717, 1.165) is 0 Å². The Morgan fingerprint density at radius 1 is 1.10 bits per heavy atom. The third-order valence-corrected chi connectivity index (χ3v) is 4.09. The van der Waals surface area contributed by atoms with Gasteiger partial charge in [0.25, 0.3) is 0 Å². The lowest BCUT2D eigenvalue weighted by molar-refractivity contribution is 1.11. The summed E-state index contributed by atoms with van der Waals surface area (Å²) in [5.41, 5.74) is 0. The van der Waals surface area contributed by atoms with E-state index in [1.165, 1.54) is 17.9 Å². The predicted molar refractivity (Wildman–Crippen MR) is 60.5 cm³/mol. The highest BCUT2D eigenvalue weighted by molar-refractivity contribution is 8.32. The predicted octanol–water partition coefficient (Wildman–Crippen LogP) is 2.33. The molecule has 0 fully saturated rings. The molecular formula is C8H22S2. The summed E-state index contributed by atoms with van der Waals surface area (Å²) in [4.78, 5) is 0. The van der Waals surface area contributed by atoms with Crippen molar-refractivity contribution in [2.45, 2.75) is 6.42 Å². The topological polar surface area (TPSA) is 0 Å². The second-order valence-corrected chi connectivity index (χ2v) is 11.1. The molecule has 0 aromatic carbocycles. The molecule has 0 saturated carbocycles. The maximum absolute atomic E-state index is 2.40. The van der Waals surface area contributed by atoms with Crippen molar-refractivity contribution < 1.29 is 0 Å². The van der Waals surface area contributed by atoms with Gasteiger partial charge in [0.05, 0.1) is 0 Å². The Morgan fingerprint density at radius 3 is 1.90 bits per heavy atom. The van der Waals surface area contributed by atoms with Crippen LogP contribution in [0.1, 0.15) is 6.42 Å². The fraction of sp³-hybridized carbons (Fsp3) is 1.00. The summed E-state index contributed by atoms with van der Waals surface area (Å²) >= 11 is 0. The van der Waals surface area contributed by atoms with Crippen molar-refractivity contribution in [3.05, 3.63) is 0 Å². The highest BCUT2D eigenvalue weighted by Crippen LogP contribution is 2.35. The molecular weight excluding hydrogens is 160 g/mol. The fourth-order valence-electron chi connectivity index (χ4n) is 0.814. The van der Waals surface area contributed by atoms with Gasteiger partial charge >= 0.3 is 0 Å². The molecule has 0 bridgehead atoms. The molecule has 0 atom stereocenters. The lowest BCUT2D eigenvalue weighted by atomic mass is 10.6. The minimum atomic E-state index is -0.209. The Hall–Kier alpha value is 0.700. The molecule has 2 heteroatoms. The molecule has 0 nitrogen and oxygen atoms in total. The van der Waals surface area contributed by atoms with Gasteiger partial charge in [0, 0.05) is 0 Å². The van der Waals surface area contributed by atoms with Crippen LogP contribution in [0.2, 0.25) is 0 Å². The highest BCUT2D eigenvalue weighted by atomic mass is 32.3. The normalized spacial score (nSPS) is 15.1. The van der Waals surface area contributed by atoms with Gasteiger partial charge in [-0.2, -0.15) is 0 Å². The molecule has 66 valence electrons. The van der Waals surface area contributed by atoms with Gasteiger partial charge in [-0.15, -0.1) is 0 Å². The Kier molecular flexibility index (Phi) is 4.87. The number of thiol groups is 1. The van der Waals surface area contributed by atoms with Crippen LogP contribution in [0.15, 0.2) is 0 Å². The maximum Gasteiger partial charge on any atom is -0.0228 e. The van der Waals surface area contributed by atoms with Crippen LogP contribution in [0.4, 0.5) is 0 Å². The van der Waals surface area contributed by atoms with E-state index in [1.807, 2.05) is 0 Å². The van der Waals surface area contributed by atoms with Crippen molar-refractivity contribution >= 4 is 20.9 Å². The minimum absolute atomic E-state index is 0.209. The summed E-state index contributed by atoms with van der Waals surface area (Å²) < 4.78 is 0. The zero-order valence-corrected chi connectivity index (χ0v) is 9.69. The summed E-state index contributed by atoms with van der Waals surface area (Å²) in [7, 11) is 0.150. The molecule has 10 heavy (non-hydrogen) atoms. The standard InChI is InChI=1S/C8H22S2/c1-9(2)7-6-8-10(3,4)5/h9H,6-8H2,1-5H3. The zero-order valence-electron chi connectivity index (χ0n) is 7.98. The minimum Gasteiger partial charge on any atom is -0.259 e. The van der Waals surface area contributed by atoms with Crippen molar-refractivity contribution in [1.82, 2.24) is 0 Å². The van der Waals surface area contributed by atoms with Crippen molar-refractivity contribution in [2.75, 3.05) is 42.8 Å². The first-order chi connectivity index (χ1) is 4.42. The van der Waals surface area contributed by atoms with Crippen LogP contribution in [0, 0.1) is 0 Å². The van der Waals surface area contributed by atoms with Gasteiger partial charge in [0.1, 0.15) is 0 Å². The van der Waals surface area contributed by atoms with E-state index in [1.54, 1.807) is 0 Å². The van der Waals surface area contributed by atoms with E-state index in [2.05, 4.69) is 31.3 Å². The smallest absolute Gasteiger partial charge is 0.0228 e. The molecule has 0 rings (SSSR count). The molecule has 0 radical (unpaired) electrons. The lowest BCUT2D eigenvalue weighted by Gasteiger charge is -2.25. The van der Waals surface area contributed by atoms with Crippen LogP contribution in [-0.4, -0.2) is 42.8 Å². The monoisotopic (exact) mass is 182 g/mol. The average molecular weight is 182 g/mol. The fourth-order valence-corrected chi connectivity index (χ4v) is 2.83. The first-order valence-electron chi connectivity index (χ1n) is 3.72. The van der Waals surface area contributed by atoms with E-state index in [-0.39, 0.29) is 10.0 Å². The average Bonchev–Trinajstić information content (AvgIpc) is 1.59. The van der Waals surface area contributed by atoms with Crippen molar-refractivity contribution in [3.8, 4) is 0 Å². The lowest BCUT2D eigenvalue weighted by Crippen LogP contribution is -2.00. The van der Waals surface area contributed by atoms with Crippen LogP contribution in [-0.2, 0) is 0 Å². The molecule has 0 aliphatic heterocycles. The van der Waals surface area contributed by atoms with E-state index in [4.69, 9.17) is 0 Å². The Labute approximate surface area is 70.4 Å². The van der Waals surface area contributed by atoms with Gasteiger partial charge in [-0.1, -0.05) is 0 Å². The molecule has 0 saturated heterocycles. The zero-order chi connectivity index (χ0) is 8.20. The Bertz CT molecular complexity index is 81.7. The van der Waals surface area contributed by atoms with Gasteiger partial charge in [-0.25, -0.2) is 10.0 Å². The summed E-state index contributed by atoms with van der Waals surface area (Å²) in [5.74, 6) is 2.94. The number of hydrogen-bond donors (Lipinski definition) is 1. The van der Waals surface area contributed by atoms with E-state index in [0.29, 0.717) is 10.9 Å². The van der Waals surface area contributed by atoms with Gasteiger partial charge in [0.2, 0.25) is 0 Å². The van der Waals surface area contributed by atoms with Crippen LogP contribution in [0.25, 0.3) is 0 Å². The van der Waals surface area contributed by atoms with Crippen LogP contribution >= 0.6 is 20.9 Å². The van der Waals surface area contributed by atoms with E-state index in [9.17, 15) is 0 Å². The molecule has 0 heterocycles. The van der Waals surface area contributed by atoms with Gasteiger partial charge in [0.15, 0.2) is 0 Å². The van der Waals surface area contributed by atoms with E-state index >= 15 is 0 Å². The molecule has 0 aliphatic rings. The summed E-state index contributed by atoms with van der Waals surface area (Å²) in [6, 6.07) is 0. The van der Waals surface area contributed by atoms with Gasteiger partial charge < -0.3 is 0 Å². The summed E-state index contributed by atoms with van der Waals surface area (Å²) in [6.07, 6.45) is 13.4. The van der Waals surface area contributed by atoms with Crippen LogP contribution < -0.4 is 0 Å². The highest BCUT2D eigenvalue weighted by Gasteiger charge is 2.02. The quantitative estimate of drug-likeness (QED) is 0.634. The number of hydrogen-bond acceptors (Lipinski definition) is 0. The summed E-state index contributed by atoms with van der Waals surface area (Å²) in [5, 5.41) is 0. The molecule has 0 amide bonds. The third kappa shape index (κ3) is 8.70. The second kappa shape index (κ2) is 4.55. The molecule has 0 aromatic heterocycles. The van der Waals surface area contributed by atoms with E-state index < -0.39 is 0 Å². The summed E-state index contributed by atoms with van der Waals surface area (Å²) in [6.45, 7) is 0. The molecule has 0 spiro atoms. The molecule has 0 N–H and O–H groups in total. The van der Waals surface area contributed by atoms with Gasteiger partial charge in [-0.3, -0.25) is 10.9 Å². The maximum atomic E-state index is 2.40.